The molecule has 4 nitrogen and oxygen atoms in total. The average Bonchev–Trinajstić information content (AvgIpc) is 2.36. The highest BCUT2D eigenvalue weighted by Gasteiger charge is 2.32. The van der Waals surface area contributed by atoms with Crippen molar-refractivity contribution in [3.05, 3.63) is 29.8 Å². The summed E-state index contributed by atoms with van der Waals surface area (Å²) in [5.74, 6) is 0.727. The molecule has 0 amide bonds. The number of nitrogens with zero attached hydrogens (tertiary/aromatic N) is 1. The highest BCUT2D eigenvalue weighted by Crippen LogP contribution is 2.22. The van der Waals surface area contributed by atoms with Crippen molar-refractivity contribution < 1.29 is 14.3 Å². The molecule has 20 heavy (non-hydrogen) atoms. The number of ether oxygens (including phenoxy) is 2. The smallest absolute Gasteiger partial charge is 0.180 e. The van der Waals surface area contributed by atoms with Gasteiger partial charge in [-0.1, -0.05) is 12.1 Å². The summed E-state index contributed by atoms with van der Waals surface area (Å²) < 4.78 is 11.1. The fourth-order valence-corrected chi connectivity index (χ4v) is 2.87. The topological polar surface area (TPSA) is 38.8 Å². The highest BCUT2D eigenvalue weighted by molar-refractivity contribution is 6.00. The number of hydrogen-bond donors (Lipinski definition) is 0. The summed E-state index contributed by atoms with van der Waals surface area (Å²) in [6, 6.07) is 7.37. The third kappa shape index (κ3) is 3.58. The first-order valence-corrected chi connectivity index (χ1v) is 6.98. The minimum absolute atomic E-state index is 0.0901. The maximum Gasteiger partial charge on any atom is 0.180 e. The van der Waals surface area contributed by atoms with Crippen molar-refractivity contribution in [3.8, 4) is 5.75 Å². The van der Waals surface area contributed by atoms with Crippen LogP contribution in [0.1, 0.15) is 31.1 Å². The van der Waals surface area contributed by atoms with E-state index in [0.717, 1.165) is 13.1 Å². The van der Waals surface area contributed by atoms with Gasteiger partial charge in [0.1, 0.15) is 5.75 Å². The highest BCUT2D eigenvalue weighted by atomic mass is 16.5. The molecule has 1 heterocycles. The lowest BCUT2D eigenvalue weighted by atomic mass is 10.0. The fourth-order valence-electron chi connectivity index (χ4n) is 2.87. The van der Waals surface area contributed by atoms with Crippen LogP contribution < -0.4 is 4.74 Å². The van der Waals surface area contributed by atoms with E-state index >= 15 is 0 Å². The molecule has 0 radical (unpaired) electrons. The van der Waals surface area contributed by atoms with Gasteiger partial charge >= 0.3 is 0 Å². The van der Waals surface area contributed by atoms with E-state index in [1.807, 2.05) is 31.2 Å². The van der Waals surface area contributed by atoms with Crippen LogP contribution in [0, 0.1) is 0 Å². The summed E-state index contributed by atoms with van der Waals surface area (Å²) in [6.45, 7) is 8.11. The summed E-state index contributed by atoms with van der Waals surface area (Å²) >= 11 is 0. The van der Waals surface area contributed by atoms with Gasteiger partial charge in [0.2, 0.25) is 0 Å². The number of hydrogen-bond acceptors (Lipinski definition) is 4. The molecule has 0 aliphatic carbocycles. The molecule has 110 valence electrons. The molecule has 0 bridgehead atoms. The van der Waals surface area contributed by atoms with Crippen molar-refractivity contribution in [3.63, 3.8) is 0 Å². The molecule has 4 heteroatoms. The molecule has 1 saturated heterocycles. The van der Waals surface area contributed by atoms with Crippen LogP contribution in [0.15, 0.2) is 24.3 Å². The van der Waals surface area contributed by atoms with Gasteiger partial charge in [0, 0.05) is 13.1 Å². The number of carbonyl (C=O) groups excluding carboxylic acids is 1. The molecular formula is C16H23NO3. The van der Waals surface area contributed by atoms with Gasteiger partial charge in [-0.25, -0.2) is 0 Å². The van der Waals surface area contributed by atoms with E-state index in [1.54, 1.807) is 7.11 Å². The predicted molar refractivity (Wildman–Crippen MR) is 78.4 cm³/mol. The second-order valence-corrected chi connectivity index (χ2v) is 5.98. The zero-order valence-corrected chi connectivity index (χ0v) is 12.7. The number of benzene rings is 1. The van der Waals surface area contributed by atoms with E-state index in [0.29, 0.717) is 17.9 Å². The Labute approximate surface area is 120 Å². The van der Waals surface area contributed by atoms with Crippen molar-refractivity contribution in [2.75, 3.05) is 26.7 Å². The van der Waals surface area contributed by atoms with Crippen molar-refractivity contribution in [1.82, 2.24) is 4.90 Å². The van der Waals surface area contributed by atoms with Gasteiger partial charge in [-0.3, -0.25) is 9.69 Å². The Hall–Kier alpha value is -1.39. The number of rotatable bonds is 4. The number of ketones is 1. The molecule has 1 atom stereocenters. The van der Waals surface area contributed by atoms with E-state index in [2.05, 4.69) is 18.7 Å². The molecule has 2 rings (SSSR count). The monoisotopic (exact) mass is 277 g/mol. The largest absolute Gasteiger partial charge is 0.496 e. The van der Waals surface area contributed by atoms with E-state index in [9.17, 15) is 4.79 Å². The molecule has 1 unspecified atom stereocenters. The third-order valence-electron chi connectivity index (χ3n) is 3.41. The number of para-hydroxylation sites is 1. The van der Waals surface area contributed by atoms with Gasteiger partial charge in [0.25, 0.3) is 0 Å². The summed E-state index contributed by atoms with van der Waals surface area (Å²) in [5, 5.41) is 0. The lowest BCUT2D eigenvalue weighted by Crippen LogP contribution is -2.53. The van der Waals surface area contributed by atoms with Crippen molar-refractivity contribution in [2.24, 2.45) is 0 Å². The molecule has 0 N–H and O–H groups in total. The molecular weight excluding hydrogens is 254 g/mol. The minimum Gasteiger partial charge on any atom is -0.496 e. The normalized spacial score (nSPS) is 22.5. The summed E-state index contributed by atoms with van der Waals surface area (Å²) in [4.78, 5) is 14.6. The fraction of sp³-hybridized carbons (Fsp3) is 0.562. The van der Waals surface area contributed by atoms with Crippen molar-refractivity contribution in [1.29, 1.82) is 0 Å². The molecule has 1 fully saturated rings. The first-order valence-electron chi connectivity index (χ1n) is 6.98. The molecule has 0 aromatic heterocycles. The van der Waals surface area contributed by atoms with Gasteiger partial charge in [-0.05, 0) is 32.9 Å². The van der Waals surface area contributed by atoms with Crippen LogP contribution in [0.3, 0.4) is 0 Å². The van der Waals surface area contributed by atoms with Crippen LogP contribution in [0.5, 0.6) is 5.75 Å². The second-order valence-electron chi connectivity index (χ2n) is 5.98. The van der Waals surface area contributed by atoms with Gasteiger partial charge < -0.3 is 9.47 Å². The Morgan fingerprint density at radius 1 is 1.45 bits per heavy atom. The summed E-state index contributed by atoms with van der Waals surface area (Å²) in [7, 11) is 1.59. The number of carbonyl (C=O) groups is 1. The Bertz CT molecular complexity index is 484. The van der Waals surface area contributed by atoms with Crippen molar-refractivity contribution >= 4 is 5.78 Å². The molecule has 0 spiro atoms. The number of Topliss-reactive ketones (excluding diaryl/α,β-unsaturated/α-hetero) is 1. The maximum atomic E-state index is 12.4. The van der Waals surface area contributed by atoms with Crippen LogP contribution in [0.2, 0.25) is 0 Å². The number of morpholine rings is 1. The molecule has 0 saturated carbocycles. The average molecular weight is 277 g/mol. The van der Waals surface area contributed by atoms with Gasteiger partial charge in [0.15, 0.2) is 5.78 Å². The maximum absolute atomic E-state index is 12.4. The van der Waals surface area contributed by atoms with Crippen LogP contribution in [0.4, 0.5) is 0 Å². The van der Waals surface area contributed by atoms with Crippen LogP contribution >= 0.6 is 0 Å². The Morgan fingerprint density at radius 2 is 2.15 bits per heavy atom. The zero-order chi connectivity index (χ0) is 14.8. The quantitative estimate of drug-likeness (QED) is 0.792. The first kappa shape index (κ1) is 15.0. The zero-order valence-electron chi connectivity index (χ0n) is 12.7. The molecule has 1 aromatic carbocycles. The standard InChI is InChI=1S/C16H23NO3/c1-12-9-17(11-16(2,3)20-12)10-14(18)13-7-5-6-8-15(13)19-4/h5-8,12H,9-11H2,1-4H3. The SMILES string of the molecule is COc1ccccc1C(=O)CN1CC(C)OC(C)(C)C1. The van der Waals surface area contributed by atoms with Crippen LogP contribution in [0.25, 0.3) is 0 Å². The lowest BCUT2D eigenvalue weighted by Gasteiger charge is -2.41. The number of methoxy groups -OCH3 is 1. The lowest BCUT2D eigenvalue weighted by molar-refractivity contribution is -0.126. The minimum atomic E-state index is -0.210. The van der Waals surface area contributed by atoms with E-state index in [1.165, 1.54) is 0 Å². The summed E-state index contributed by atoms with van der Waals surface area (Å²) in [5.41, 5.74) is 0.436. The van der Waals surface area contributed by atoms with Crippen LogP contribution in [-0.2, 0) is 4.74 Å². The molecule has 1 aliphatic heterocycles. The van der Waals surface area contributed by atoms with Gasteiger partial charge in [-0.15, -0.1) is 0 Å². The van der Waals surface area contributed by atoms with E-state index in [4.69, 9.17) is 9.47 Å². The van der Waals surface area contributed by atoms with E-state index < -0.39 is 0 Å². The Morgan fingerprint density at radius 3 is 2.80 bits per heavy atom. The predicted octanol–water partition coefficient (Wildman–Crippen LogP) is 2.38. The van der Waals surface area contributed by atoms with Crippen molar-refractivity contribution in [2.45, 2.75) is 32.5 Å². The Balaban J connectivity index is 2.08. The van der Waals surface area contributed by atoms with Crippen LogP contribution in [-0.4, -0.2) is 49.1 Å². The molecule has 1 aliphatic rings. The van der Waals surface area contributed by atoms with E-state index in [-0.39, 0.29) is 17.5 Å². The molecule has 1 aromatic rings. The Kier molecular flexibility index (Phi) is 4.45. The third-order valence-corrected chi connectivity index (χ3v) is 3.41. The van der Waals surface area contributed by atoms with Gasteiger partial charge in [0.05, 0.1) is 30.9 Å². The second kappa shape index (κ2) is 5.94. The first-order chi connectivity index (χ1) is 9.41. The van der Waals surface area contributed by atoms with Gasteiger partial charge in [-0.2, -0.15) is 0 Å². The summed E-state index contributed by atoms with van der Waals surface area (Å²) in [6.07, 6.45) is 0.143.